The van der Waals surface area contributed by atoms with Crippen LogP contribution in [-0.4, -0.2) is 53.3 Å². The maximum absolute atomic E-state index is 14.9. The van der Waals surface area contributed by atoms with Crippen LogP contribution in [0.5, 0.6) is 0 Å². The summed E-state index contributed by atoms with van der Waals surface area (Å²) >= 11 is 5.75. The van der Waals surface area contributed by atoms with Crippen LogP contribution in [0.3, 0.4) is 0 Å². The lowest BCUT2D eigenvalue weighted by Crippen LogP contribution is -2.45. The molecule has 0 bridgehead atoms. The van der Waals surface area contributed by atoms with Gasteiger partial charge in [0.25, 0.3) is 5.92 Å². The van der Waals surface area contributed by atoms with Gasteiger partial charge in [-0.15, -0.1) is 0 Å². The van der Waals surface area contributed by atoms with Gasteiger partial charge in [-0.2, -0.15) is 5.10 Å². The third-order valence-corrected chi connectivity index (χ3v) is 6.35. The summed E-state index contributed by atoms with van der Waals surface area (Å²) in [5.74, 6) is -6.11. The summed E-state index contributed by atoms with van der Waals surface area (Å²) in [4.78, 5) is 0. The van der Waals surface area contributed by atoms with Crippen LogP contribution in [-0.2, 0) is 10.0 Å². The van der Waals surface area contributed by atoms with Crippen molar-refractivity contribution in [2.45, 2.75) is 24.9 Å². The molecule has 11 heteroatoms. The summed E-state index contributed by atoms with van der Waals surface area (Å²) in [5, 5.41) is 16.3. The predicted octanol–water partition coefficient (Wildman–Crippen LogP) is 2.70. The number of aromatic amines is 1. The van der Waals surface area contributed by atoms with Crippen molar-refractivity contribution < 1.29 is 26.7 Å². The third kappa shape index (κ3) is 3.30. The van der Waals surface area contributed by atoms with E-state index in [9.17, 15) is 26.7 Å². The van der Waals surface area contributed by atoms with E-state index in [0.717, 1.165) is 10.6 Å². The van der Waals surface area contributed by atoms with Crippen LogP contribution in [0.4, 0.5) is 13.2 Å². The highest BCUT2D eigenvalue weighted by atomic mass is 35.5. The van der Waals surface area contributed by atoms with Gasteiger partial charge >= 0.3 is 0 Å². The minimum absolute atomic E-state index is 0.0485. The number of nitrogens with one attached hydrogen (secondary N) is 1. The van der Waals surface area contributed by atoms with Gasteiger partial charge in [0.2, 0.25) is 10.0 Å². The van der Waals surface area contributed by atoms with Crippen LogP contribution >= 0.6 is 11.6 Å². The summed E-state index contributed by atoms with van der Waals surface area (Å²) in [7, 11) is -3.47. The molecule has 1 aromatic carbocycles. The summed E-state index contributed by atoms with van der Waals surface area (Å²) in [6, 6.07) is 1.23. The topological polar surface area (TPSA) is 86.3 Å². The number of alkyl halides is 2. The fourth-order valence-corrected chi connectivity index (χ4v) is 4.40. The average molecular weight is 412 g/mol. The number of halogens is 4. The molecule has 26 heavy (non-hydrogen) atoms. The summed E-state index contributed by atoms with van der Waals surface area (Å²) in [6.07, 6.45) is -0.438. The Kier molecular flexibility index (Phi) is 4.97. The lowest BCUT2D eigenvalue weighted by molar-refractivity contribution is -0.159. The van der Waals surface area contributed by atoms with Gasteiger partial charge in [0.05, 0.1) is 23.0 Å². The fraction of sp³-hybridized carbons (Fsp3) is 0.533. The van der Waals surface area contributed by atoms with Crippen LogP contribution in [0.1, 0.15) is 24.5 Å². The Morgan fingerprint density at radius 3 is 2.62 bits per heavy atom. The number of hydrogen-bond acceptors (Lipinski definition) is 4. The number of rotatable bonds is 4. The van der Waals surface area contributed by atoms with Gasteiger partial charge in [-0.05, 0) is 18.9 Å². The lowest BCUT2D eigenvalue weighted by Gasteiger charge is -2.36. The molecule has 0 amide bonds. The van der Waals surface area contributed by atoms with Crippen molar-refractivity contribution in [3.63, 3.8) is 0 Å². The summed E-state index contributed by atoms with van der Waals surface area (Å²) in [6.45, 7) is -0.160. The first-order chi connectivity index (χ1) is 12.0. The highest BCUT2D eigenvalue weighted by molar-refractivity contribution is 7.88. The minimum Gasteiger partial charge on any atom is -0.382 e. The molecule has 1 aliphatic heterocycles. The number of hydrogen-bond donors (Lipinski definition) is 2. The lowest BCUT2D eigenvalue weighted by atomic mass is 9.85. The number of piperidine rings is 1. The number of benzene rings is 1. The van der Waals surface area contributed by atoms with Gasteiger partial charge in [0.15, 0.2) is 0 Å². The zero-order chi connectivity index (χ0) is 19.3. The van der Waals surface area contributed by atoms with E-state index >= 15 is 0 Å². The molecule has 0 radical (unpaired) electrons. The Balaban J connectivity index is 1.91. The normalized spacial score (nSPS) is 19.2. The quantitative estimate of drug-likeness (QED) is 0.810. The number of aliphatic hydroxyl groups excluding tert-OH is 1. The minimum atomic E-state index is -3.67. The van der Waals surface area contributed by atoms with Gasteiger partial charge in [-0.1, -0.05) is 11.6 Å². The average Bonchev–Trinajstić information content (AvgIpc) is 3.02. The van der Waals surface area contributed by atoms with Crippen LogP contribution in [0.25, 0.3) is 10.9 Å². The Morgan fingerprint density at radius 2 is 2.04 bits per heavy atom. The van der Waals surface area contributed by atoms with Crippen LogP contribution in [0, 0.1) is 11.7 Å². The molecule has 1 saturated heterocycles. The predicted molar refractivity (Wildman–Crippen MR) is 90.1 cm³/mol. The van der Waals surface area contributed by atoms with Crippen molar-refractivity contribution in [2.75, 3.05) is 19.3 Å². The van der Waals surface area contributed by atoms with Crippen LogP contribution in [0.15, 0.2) is 12.3 Å². The van der Waals surface area contributed by atoms with Gasteiger partial charge in [0, 0.05) is 30.0 Å². The molecule has 6 nitrogen and oxygen atoms in total. The van der Waals surface area contributed by atoms with Crippen molar-refractivity contribution in [1.82, 2.24) is 14.5 Å². The second-order valence-corrected chi connectivity index (χ2v) is 8.82. The molecular formula is C15H17ClF3N3O3S. The monoisotopic (exact) mass is 411 g/mol. The molecule has 1 aromatic heterocycles. The van der Waals surface area contributed by atoms with E-state index in [2.05, 4.69) is 10.2 Å². The molecule has 0 saturated carbocycles. The maximum atomic E-state index is 14.9. The SMILES string of the molecule is CS(=O)(=O)N1CCC(C(F)(F)C(O)c2c(F)c(Cl)cc3cn[nH]c23)CC1. The number of H-pyrrole nitrogens is 1. The van der Waals surface area contributed by atoms with E-state index in [1.54, 1.807) is 0 Å². The van der Waals surface area contributed by atoms with Crippen molar-refractivity contribution >= 4 is 32.5 Å². The van der Waals surface area contributed by atoms with Gasteiger partial charge < -0.3 is 5.11 Å². The van der Waals surface area contributed by atoms with E-state index < -0.39 is 44.4 Å². The molecule has 1 atom stereocenters. The Hall–Kier alpha value is -1.36. The van der Waals surface area contributed by atoms with Crippen molar-refractivity contribution in [2.24, 2.45) is 5.92 Å². The Labute approximate surface area is 153 Å². The number of fused-ring (bicyclic) bond motifs is 1. The molecule has 1 aliphatic rings. The van der Waals surface area contributed by atoms with E-state index in [4.69, 9.17) is 11.6 Å². The highest BCUT2D eigenvalue weighted by Crippen LogP contribution is 2.45. The van der Waals surface area contributed by atoms with Crippen LogP contribution < -0.4 is 0 Å². The Morgan fingerprint density at radius 1 is 1.42 bits per heavy atom. The zero-order valence-electron chi connectivity index (χ0n) is 13.7. The van der Waals surface area contributed by atoms with E-state index in [1.165, 1.54) is 12.3 Å². The number of aliphatic hydroxyl groups is 1. The van der Waals surface area contributed by atoms with E-state index in [0.29, 0.717) is 5.39 Å². The maximum Gasteiger partial charge on any atom is 0.280 e. The molecule has 0 spiro atoms. The van der Waals surface area contributed by atoms with Gasteiger partial charge in [0.1, 0.15) is 11.9 Å². The molecule has 2 N–H and O–H groups in total. The third-order valence-electron chi connectivity index (χ3n) is 4.77. The smallest absolute Gasteiger partial charge is 0.280 e. The molecule has 1 fully saturated rings. The highest BCUT2D eigenvalue weighted by Gasteiger charge is 2.50. The van der Waals surface area contributed by atoms with Gasteiger partial charge in [-0.3, -0.25) is 5.10 Å². The first-order valence-electron chi connectivity index (χ1n) is 7.85. The van der Waals surface area contributed by atoms with Crippen molar-refractivity contribution in [1.29, 1.82) is 0 Å². The van der Waals surface area contributed by atoms with Crippen molar-refractivity contribution in [3.8, 4) is 0 Å². The summed E-state index contributed by atoms with van der Waals surface area (Å²) in [5.41, 5.74) is -0.687. The first kappa shape index (κ1) is 19.4. The second-order valence-electron chi connectivity index (χ2n) is 6.43. The van der Waals surface area contributed by atoms with E-state index in [-0.39, 0.29) is 31.4 Å². The molecule has 3 rings (SSSR count). The van der Waals surface area contributed by atoms with Crippen LogP contribution in [0.2, 0.25) is 5.02 Å². The largest absolute Gasteiger partial charge is 0.382 e. The summed E-state index contributed by atoms with van der Waals surface area (Å²) < 4.78 is 68.3. The number of sulfonamides is 1. The molecule has 2 heterocycles. The molecule has 144 valence electrons. The van der Waals surface area contributed by atoms with Crippen molar-refractivity contribution in [3.05, 3.63) is 28.7 Å². The van der Waals surface area contributed by atoms with E-state index in [1.807, 2.05) is 0 Å². The standard InChI is InChI=1S/C15H17ClF3N3O3S/c1-26(24,25)22-4-2-9(3-5-22)15(18,19)14(23)11-12(17)10(16)6-8-7-20-21-13(8)11/h6-7,9,14,23H,2-5H2,1H3,(H,20,21). The molecule has 1 unspecified atom stereocenters. The fourth-order valence-electron chi connectivity index (χ4n) is 3.30. The molecule has 2 aromatic rings. The Bertz CT molecular complexity index is 927. The number of nitrogens with zero attached hydrogens (tertiary/aromatic N) is 2. The second kappa shape index (κ2) is 6.66. The molecular weight excluding hydrogens is 395 g/mol. The molecule has 0 aliphatic carbocycles. The zero-order valence-corrected chi connectivity index (χ0v) is 15.3. The number of aromatic nitrogens is 2. The first-order valence-corrected chi connectivity index (χ1v) is 10.1. The van der Waals surface area contributed by atoms with Gasteiger partial charge in [-0.25, -0.2) is 25.9 Å².